The predicted molar refractivity (Wildman–Crippen MR) is 147 cm³/mol. The van der Waals surface area contributed by atoms with Gasteiger partial charge >= 0.3 is 12.5 Å². The zero-order valence-electron chi connectivity index (χ0n) is 23.5. The van der Waals surface area contributed by atoms with E-state index in [4.69, 9.17) is 0 Å². The number of alkyl halides is 5. The Bertz CT molecular complexity index is 1860. The van der Waals surface area contributed by atoms with E-state index in [0.717, 1.165) is 30.5 Å². The molecule has 0 aliphatic heterocycles. The fourth-order valence-electron chi connectivity index (χ4n) is 3.77. The summed E-state index contributed by atoms with van der Waals surface area (Å²) in [6.45, 7) is 1.93. The molecule has 0 bridgehead atoms. The third-order valence-corrected chi connectivity index (χ3v) is 5.89. The van der Waals surface area contributed by atoms with Crippen molar-refractivity contribution in [1.82, 2.24) is 9.97 Å². The Hall–Kier alpha value is -5.43. The lowest BCUT2D eigenvalue weighted by atomic mass is 10.1. The van der Waals surface area contributed by atoms with Gasteiger partial charge in [-0.05, 0) is 67.6 Å². The molecule has 4 rings (SSSR count). The van der Waals surface area contributed by atoms with Gasteiger partial charge in [0.05, 0.1) is 5.56 Å². The second-order valence-corrected chi connectivity index (χ2v) is 9.29. The molecule has 0 spiro atoms. The van der Waals surface area contributed by atoms with Gasteiger partial charge in [0.1, 0.15) is 22.9 Å². The number of hydrogen-bond donors (Lipinski definition) is 0. The van der Waals surface area contributed by atoms with Gasteiger partial charge < -0.3 is 9.47 Å². The van der Waals surface area contributed by atoms with Crippen molar-refractivity contribution >= 4 is 0 Å². The zero-order valence-corrected chi connectivity index (χ0v) is 23.5. The van der Waals surface area contributed by atoms with Crippen LogP contribution in [-0.2, 0) is 12.5 Å². The molecule has 4 nitrogen and oxygen atoms in total. The van der Waals surface area contributed by atoms with Crippen LogP contribution in [0.1, 0.15) is 47.0 Å². The molecule has 0 aliphatic carbocycles. The molecule has 0 unspecified atom stereocenters. The van der Waals surface area contributed by atoms with E-state index in [1.165, 1.54) is 12.1 Å². The Morgan fingerprint density at radius 2 is 1.33 bits per heavy atom. The van der Waals surface area contributed by atoms with Crippen LogP contribution in [0, 0.1) is 47.0 Å². The molecule has 3 aromatic carbocycles. The maximum Gasteiger partial charge on any atom is 0.573 e. The topological polar surface area (TPSA) is 44.2 Å². The zero-order chi connectivity index (χ0) is 33.5. The molecule has 46 heavy (non-hydrogen) atoms. The van der Waals surface area contributed by atoms with Crippen LogP contribution >= 0.6 is 0 Å². The maximum absolute atomic E-state index is 14.6. The monoisotopic (exact) mass is 646 g/mol. The molecule has 0 saturated carbocycles. The Labute approximate surface area is 256 Å². The van der Waals surface area contributed by atoms with E-state index < -0.39 is 52.8 Å². The van der Waals surface area contributed by atoms with Gasteiger partial charge in [0.2, 0.25) is 11.6 Å². The normalized spacial score (nSPS) is 11.4. The van der Waals surface area contributed by atoms with Crippen LogP contribution in [0.4, 0.5) is 39.5 Å². The number of aryl methyl sites for hydroxylation is 1. The van der Waals surface area contributed by atoms with Gasteiger partial charge in [0, 0.05) is 35.7 Å². The highest BCUT2D eigenvalue weighted by molar-refractivity contribution is 5.48. The molecule has 0 N–H and O–H groups in total. The van der Waals surface area contributed by atoms with Crippen LogP contribution in [0.2, 0.25) is 0 Å². The summed E-state index contributed by atoms with van der Waals surface area (Å²) >= 11 is 0. The van der Waals surface area contributed by atoms with Crippen molar-refractivity contribution in [3.63, 3.8) is 0 Å². The summed E-state index contributed by atoms with van der Waals surface area (Å²) < 4.78 is 130. The lowest BCUT2D eigenvalue weighted by Crippen LogP contribution is -2.24. The van der Waals surface area contributed by atoms with Gasteiger partial charge in [-0.2, -0.15) is 8.78 Å². The van der Waals surface area contributed by atoms with E-state index in [9.17, 15) is 39.5 Å². The van der Waals surface area contributed by atoms with E-state index in [-0.39, 0.29) is 29.1 Å². The van der Waals surface area contributed by atoms with E-state index in [2.05, 4.69) is 43.1 Å². The minimum atomic E-state index is -5.46. The van der Waals surface area contributed by atoms with Gasteiger partial charge in [-0.1, -0.05) is 29.9 Å². The van der Waals surface area contributed by atoms with Crippen molar-refractivity contribution in [2.75, 3.05) is 0 Å². The summed E-state index contributed by atoms with van der Waals surface area (Å²) in [6, 6.07) is 6.03. The second-order valence-electron chi connectivity index (χ2n) is 9.29. The smallest absolute Gasteiger partial charge is 0.429 e. The van der Waals surface area contributed by atoms with Crippen LogP contribution in [0.25, 0.3) is 0 Å². The lowest BCUT2D eigenvalue weighted by molar-refractivity contribution is -0.276. The number of halogens is 9. The molecule has 0 saturated heterocycles. The third kappa shape index (κ3) is 9.05. The summed E-state index contributed by atoms with van der Waals surface area (Å²) in [5.74, 6) is 1.17. The van der Waals surface area contributed by atoms with Gasteiger partial charge in [-0.15, -0.1) is 13.2 Å². The summed E-state index contributed by atoms with van der Waals surface area (Å²) in [5, 5.41) is 0. The average molecular weight is 647 g/mol. The molecule has 4 aromatic rings. The number of hydrogen-bond acceptors (Lipinski definition) is 4. The van der Waals surface area contributed by atoms with Crippen molar-refractivity contribution in [2.24, 2.45) is 0 Å². The summed E-state index contributed by atoms with van der Waals surface area (Å²) in [4.78, 5) is 8.33. The molecular weight excluding hydrogens is 627 g/mol. The largest absolute Gasteiger partial charge is 0.573 e. The third-order valence-electron chi connectivity index (χ3n) is 5.89. The molecule has 0 aliphatic rings. The van der Waals surface area contributed by atoms with Crippen molar-refractivity contribution < 1.29 is 49.0 Å². The fraction of sp³-hybridized carbons (Fsp3) is 0.152. The summed E-state index contributed by atoms with van der Waals surface area (Å²) in [5.41, 5.74) is -0.390. The average Bonchev–Trinajstić information content (AvgIpc) is 2.97. The molecule has 0 fully saturated rings. The minimum absolute atomic E-state index is 0.0136. The molecular formula is C33H19F9N2O2. The predicted octanol–water partition coefficient (Wildman–Crippen LogP) is 8.37. The highest BCUT2D eigenvalue weighted by Gasteiger charge is 2.39. The van der Waals surface area contributed by atoms with Crippen LogP contribution in [-0.4, -0.2) is 16.3 Å². The first-order chi connectivity index (χ1) is 21.7. The van der Waals surface area contributed by atoms with Crippen molar-refractivity contribution in [2.45, 2.75) is 32.2 Å². The summed E-state index contributed by atoms with van der Waals surface area (Å²) in [7, 11) is 0. The molecule has 1 aromatic heterocycles. The van der Waals surface area contributed by atoms with Gasteiger partial charge in [0.15, 0.2) is 11.6 Å². The number of allylic oxidation sites excluding steroid dienone is 2. The Morgan fingerprint density at radius 1 is 0.717 bits per heavy atom. The Kier molecular flexibility index (Phi) is 10.3. The van der Waals surface area contributed by atoms with Crippen molar-refractivity contribution in [3.05, 3.63) is 130 Å². The standard InChI is InChI=1S/C33H19F9N2O2/c1-2-3-4-5-22-18-43-30(44-19-22)13-9-21-7-11-23(26(34)14-21)10-6-20-8-12-25(27(35)15-20)32(38,39)45-24-16-28(36)31(29(37)17-24)46-33(40,41)42/h2-3,7-8,11-12,14-19H,4-5H2,1H3/b3-2+. The number of benzene rings is 3. The number of aromatic nitrogens is 2. The van der Waals surface area contributed by atoms with Gasteiger partial charge in [-0.3, -0.25) is 0 Å². The van der Waals surface area contributed by atoms with Crippen LogP contribution in [0.3, 0.4) is 0 Å². The Balaban J connectivity index is 1.45. The van der Waals surface area contributed by atoms with Crippen LogP contribution in [0.5, 0.6) is 11.5 Å². The lowest BCUT2D eigenvalue weighted by Gasteiger charge is -2.19. The number of ether oxygens (including phenoxy) is 2. The quantitative estimate of drug-likeness (QED) is 0.115. The van der Waals surface area contributed by atoms with Gasteiger partial charge in [0.25, 0.3) is 0 Å². The highest BCUT2D eigenvalue weighted by Crippen LogP contribution is 2.37. The van der Waals surface area contributed by atoms with Crippen molar-refractivity contribution in [3.8, 4) is 35.2 Å². The molecule has 1 heterocycles. The van der Waals surface area contributed by atoms with Crippen molar-refractivity contribution in [1.29, 1.82) is 0 Å². The molecule has 13 heteroatoms. The van der Waals surface area contributed by atoms with E-state index in [1.807, 2.05) is 19.1 Å². The highest BCUT2D eigenvalue weighted by atomic mass is 19.4. The van der Waals surface area contributed by atoms with Crippen LogP contribution < -0.4 is 9.47 Å². The SMILES string of the molecule is C/C=C/CCc1cnc(C#Cc2ccc(C#Cc3ccc(C(F)(F)Oc4cc(F)c(OC(F)(F)F)c(F)c4)c(F)c3)c(F)c2)nc1. The van der Waals surface area contributed by atoms with E-state index in [1.54, 1.807) is 12.4 Å². The van der Waals surface area contributed by atoms with E-state index >= 15 is 0 Å². The Morgan fingerprint density at radius 3 is 1.91 bits per heavy atom. The van der Waals surface area contributed by atoms with Gasteiger partial charge in [-0.25, -0.2) is 27.5 Å². The summed E-state index contributed by atoms with van der Waals surface area (Å²) in [6.07, 6.45) is -1.07. The first kappa shape index (κ1) is 33.5. The number of rotatable bonds is 7. The fourth-order valence-corrected chi connectivity index (χ4v) is 3.77. The second kappa shape index (κ2) is 14.1. The minimum Gasteiger partial charge on any atom is -0.429 e. The molecule has 0 amide bonds. The van der Waals surface area contributed by atoms with E-state index in [0.29, 0.717) is 17.7 Å². The molecule has 236 valence electrons. The van der Waals surface area contributed by atoms with Crippen LogP contribution in [0.15, 0.2) is 73.1 Å². The first-order valence-corrected chi connectivity index (χ1v) is 13.1. The number of nitrogens with zero attached hydrogens (tertiary/aromatic N) is 2. The molecule has 0 radical (unpaired) electrons. The first-order valence-electron chi connectivity index (χ1n) is 13.1. The maximum atomic E-state index is 14.6. The molecule has 0 atom stereocenters.